The van der Waals surface area contributed by atoms with Crippen LogP contribution in [0.2, 0.25) is 13.1 Å². The van der Waals surface area contributed by atoms with Crippen LogP contribution in [0.3, 0.4) is 0 Å². The molecule has 0 heterocycles. The normalized spacial score (nSPS) is 19.4. The summed E-state index contributed by atoms with van der Waals surface area (Å²) in [6, 6.07) is 6.87. The summed E-state index contributed by atoms with van der Waals surface area (Å²) in [5.74, 6) is 1.68. The summed E-state index contributed by atoms with van der Waals surface area (Å²) >= 11 is 0. The summed E-state index contributed by atoms with van der Waals surface area (Å²) in [4.78, 5) is 0. The Morgan fingerprint density at radius 3 is 2.50 bits per heavy atom. The maximum absolute atomic E-state index is 6.24. The molecule has 0 unspecified atom stereocenters. The Morgan fingerprint density at radius 1 is 1.20 bits per heavy atom. The standard InChI is InChI=1S/C18H28OSi/c1-18(2,3)15-11-12-16(14-9-7-6-8-10-14)17(13-15)19-20(4)5/h7,9,11-14,20H,6,8,10H2,1-5H3/t14-/m1/s1. The zero-order chi connectivity index (χ0) is 14.8. The van der Waals surface area contributed by atoms with E-state index in [2.05, 4.69) is 64.2 Å². The molecular formula is C18H28OSi. The first-order valence-electron chi connectivity index (χ1n) is 7.85. The van der Waals surface area contributed by atoms with Gasteiger partial charge in [0.15, 0.2) is 0 Å². The molecular weight excluding hydrogens is 260 g/mol. The van der Waals surface area contributed by atoms with Gasteiger partial charge in [-0.25, -0.2) is 0 Å². The van der Waals surface area contributed by atoms with Crippen LogP contribution in [0.25, 0.3) is 0 Å². The minimum Gasteiger partial charge on any atom is -0.547 e. The Morgan fingerprint density at radius 2 is 1.95 bits per heavy atom. The Kier molecular flexibility index (Phi) is 4.74. The third-order valence-corrected chi connectivity index (χ3v) is 4.62. The molecule has 110 valence electrons. The number of allylic oxidation sites excluding steroid dienone is 2. The molecule has 0 saturated carbocycles. The molecule has 0 N–H and O–H groups in total. The van der Waals surface area contributed by atoms with E-state index in [9.17, 15) is 0 Å². The van der Waals surface area contributed by atoms with Crippen molar-refractivity contribution in [2.45, 2.75) is 64.5 Å². The molecule has 0 aromatic heterocycles. The van der Waals surface area contributed by atoms with Crippen LogP contribution in [0.5, 0.6) is 5.75 Å². The number of hydrogen-bond acceptors (Lipinski definition) is 1. The lowest BCUT2D eigenvalue weighted by Gasteiger charge is -2.25. The fourth-order valence-corrected chi connectivity index (χ4v) is 3.45. The van der Waals surface area contributed by atoms with Crippen LogP contribution in [0.15, 0.2) is 30.4 Å². The largest absolute Gasteiger partial charge is 0.547 e. The summed E-state index contributed by atoms with van der Waals surface area (Å²) in [5, 5.41) is 0. The molecule has 0 aliphatic heterocycles. The van der Waals surface area contributed by atoms with E-state index in [0.29, 0.717) is 5.92 Å². The molecule has 0 bridgehead atoms. The molecule has 20 heavy (non-hydrogen) atoms. The lowest BCUT2D eigenvalue weighted by atomic mass is 9.83. The number of benzene rings is 1. The molecule has 0 radical (unpaired) electrons. The van der Waals surface area contributed by atoms with Crippen molar-refractivity contribution in [1.29, 1.82) is 0 Å². The topological polar surface area (TPSA) is 9.23 Å². The van der Waals surface area contributed by atoms with Gasteiger partial charge in [0.25, 0.3) is 0 Å². The van der Waals surface area contributed by atoms with Gasteiger partial charge in [0, 0.05) is 5.92 Å². The minimum atomic E-state index is -1.08. The second-order valence-electron chi connectivity index (χ2n) is 7.13. The van der Waals surface area contributed by atoms with Crippen molar-refractivity contribution < 1.29 is 4.43 Å². The molecule has 1 aliphatic rings. The predicted molar refractivity (Wildman–Crippen MR) is 90.4 cm³/mol. The van der Waals surface area contributed by atoms with E-state index in [4.69, 9.17) is 4.43 Å². The van der Waals surface area contributed by atoms with Gasteiger partial charge in [-0.3, -0.25) is 0 Å². The monoisotopic (exact) mass is 288 g/mol. The second-order valence-corrected chi connectivity index (χ2v) is 9.47. The summed E-state index contributed by atoms with van der Waals surface area (Å²) < 4.78 is 6.24. The Labute approximate surface area is 125 Å². The Hall–Kier alpha value is -1.02. The van der Waals surface area contributed by atoms with Crippen LogP contribution in [-0.4, -0.2) is 9.04 Å². The molecule has 1 aliphatic carbocycles. The quantitative estimate of drug-likeness (QED) is 0.551. The van der Waals surface area contributed by atoms with Crippen molar-refractivity contribution in [3.8, 4) is 5.75 Å². The van der Waals surface area contributed by atoms with Gasteiger partial charge in [0.05, 0.1) is 0 Å². The van der Waals surface area contributed by atoms with Gasteiger partial charge in [-0.1, -0.05) is 45.1 Å². The third-order valence-electron chi connectivity index (χ3n) is 3.90. The average Bonchev–Trinajstić information content (AvgIpc) is 2.38. The van der Waals surface area contributed by atoms with Crippen LogP contribution >= 0.6 is 0 Å². The molecule has 1 nitrogen and oxygen atoms in total. The van der Waals surface area contributed by atoms with Gasteiger partial charge < -0.3 is 4.43 Å². The Bertz CT molecular complexity index is 483. The van der Waals surface area contributed by atoms with Gasteiger partial charge in [0.2, 0.25) is 9.04 Å². The number of hydrogen-bond donors (Lipinski definition) is 0. The van der Waals surface area contributed by atoms with Gasteiger partial charge in [-0.15, -0.1) is 0 Å². The van der Waals surface area contributed by atoms with Crippen LogP contribution < -0.4 is 4.43 Å². The maximum Gasteiger partial charge on any atom is 0.229 e. The maximum atomic E-state index is 6.24. The highest BCUT2D eigenvalue weighted by Crippen LogP contribution is 2.37. The predicted octanol–water partition coefficient (Wildman–Crippen LogP) is 5.17. The van der Waals surface area contributed by atoms with E-state index >= 15 is 0 Å². The smallest absolute Gasteiger partial charge is 0.229 e. The highest BCUT2D eigenvalue weighted by molar-refractivity contribution is 6.49. The summed E-state index contributed by atoms with van der Waals surface area (Å²) in [7, 11) is -1.08. The second kappa shape index (κ2) is 6.17. The highest BCUT2D eigenvalue weighted by Gasteiger charge is 2.20. The molecule has 1 aromatic rings. The van der Waals surface area contributed by atoms with E-state index in [1.807, 2.05) is 0 Å². The van der Waals surface area contributed by atoms with Gasteiger partial charge in [0.1, 0.15) is 5.75 Å². The van der Waals surface area contributed by atoms with Crippen LogP contribution in [0.1, 0.15) is 57.1 Å². The van der Waals surface area contributed by atoms with Gasteiger partial charge in [-0.2, -0.15) is 0 Å². The Balaban J connectivity index is 2.39. The van der Waals surface area contributed by atoms with Crippen LogP contribution in [-0.2, 0) is 5.41 Å². The SMILES string of the molecule is C[SiH](C)Oc1cc(C(C)(C)C)ccc1[C@@H]1C=CCCC1. The zero-order valence-corrected chi connectivity index (χ0v) is 14.7. The van der Waals surface area contributed by atoms with E-state index in [1.54, 1.807) is 0 Å². The van der Waals surface area contributed by atoms with Crippen LogP contribution in [0, 0.1) is 0 Å². The first-order valence-corrected chi connectivity index (χ1v) is 10.6. The van der Waals surface area contributed by atoms with Gasteiger partial charge >= 0.3 is 0 Å². The number of rotatable bonds is 3. The van der Waals surface area contributed by atoms with E-state index in [1.165, 1.54) is 30.4 Å². The van der Waals surface area contributed by atoms with Crippen molar-refractivity contribution >= 4 is 9.04 Å². The molecule has 0 spiro atoms. The fourth-order valence-electron chi connectivity index (χ4n) is 2.73. The summed E-state index contributed by atoms with van der Waals surface area (Å²) in [6.45, 7) is 11.3. The van der Waals surface area contributed by atoms with Crippen molar-refractivity contribution in [1.82, 2.24) is 0 Å². The highest BCUT2D eigenvalue weighted by atomic mass is 28.3. The average molecular weight is 289 g/mol. The molecule has 2 heteroatoms. The van der Waals surface area contributed by atoms with Crippen molar-refractivity contribution in [3.63, 3.8) is 0 Å². The van der Waals surface area contributed by atoms with Crippen molar-refractivity contribution in [2.75, 3.05) is 0 Å². The van der Waals surface area contributed by atoms with Gasteiger partial charge in [-0.05, 0) is 55.0 Å². The molecule has 1 aromatic carbocycles. The summed E-state index contributed by atoms with van der Waals surface area (Å²) in [6.07, 6.45) is 8.46. The minimum absolute atomic E-state index is 0.178. The molecule has 0 amide bonds. The molecule has 0 fully saturated rings. The van der Waals surface area contributed by atoms with Crippen LogP contribution in [0.4, 0.5) is 0 Å². The zero-order valence-electron chi connectivity index (χ0n) is 13.6. The third kappa shape index (κ3) is 3.75. The fraction of sp³-hybridized carbons (Fsp3) is 0.556. The molecule has 0 saturated heterocycles. The van der Waals surface area contributed by atoms with Crippen molar-refractivity contribution in [3.05, 3.63) is 41.5 Å². The lowest BCUT2D eigenvalue weighted by molar-refractivity contribution is 0.542. The molecule has 2 rings (SSSR count). The van der Waals surface area contributed by atoms with E-state index in [-0.39, 0.29) is 5.41 Å². The lowest BCUT2D eigenvalue weighted by Crippen LogP contribution is -2.16. The van der Waals surface area contributed by atoms with Crippen molar-refractivity contribution in [2.24, 2.45) is 0 Å². The van der Waals surface area contributed by atoms with E-state index < -0.39 is 9.04 Å². The first-order chi connectivity index (χ1) is 9.38. The van der Waals surface area contributed by atoms with E-state index in [0.717, 1.165) is 5.75 Å². The first kappa shape index (κ1) is 15.4. The molecule has 1 atom stereocenters. The summed E-state index contributed by atoms with van der Waals surface area (Å²) in [5.41, 5.74) is 2.93.